The molecule has 25 heavy (non-hydrogen) atoms. The molecule has 0 bridgehead atoms. The van der Waals surface area contributed by atoms with E-state index < -0.39 is 35.2 Å². The molecular weight excluding hydrogens is 364 g/mol. The van der Waals surface area contributed by atoms with Crippen LogP contribution in [-0.4, -0.2) is 34.9 Å². The van der Waals surface area contributed by atoms with Gasteiger partial charge in [0.05, 0.1) is 11.1 Å². The summed E-state index contributed by atoms with van der Waals surface area (Å²) in [5.74, 6) is -1.57. The number of amides is 2. The lowest BCUT2D eigenvalue weighted by Crippen LogP contribution is -2.22. The number of nitrogens with one attached hydrogen (secondary N) is 1. The van der Waals surface area contributed by atoms with E-state index in [0.29, 0.717) is 10.8 Å². The van der Waals surface area contributed by atoms with Crippen LogP contribution in [0.25, 0.3) is 0 Å². The van der Waals surface area contributed by atoms with Crippen molar-refractivity contribution >= 4 is 44.9 Å². The van der Waals surface area contributed by atoms with E-state index in [0.717, 1.165) is 16.9 Å². The molecule has 2 rings (SSSR count). The number of thiophene rings is 1. The first-order valence-electron chi connectivity index (χ1n) is 7.10. The first-order valence-corrected chi connectivity index (χ1v) is 9.70. The largest absolute Gasteiger partial charge is 0.452 e. The predicted octanol–water partition coefficient (Wildman–Crippen LogP) is 1.52. The van der Waals surface area contributed by atoms with E-state index in [9.17, 15) is 18.6 Å². The summed E-state index contributed by atoms with van der Waals surface area (Å²) in [6.07, 6.45) is 1.57. The Morgan fingerprint density at radius 1 is 1.28 bits per heavy atom. The molecule has 2 aromatic rings. The molecule has 132 valence electrons. The van der Waals surface area contributed by atoms with E-state index in [1.807, 2.05) is 0 Å². The molecule has 0 fully saturated rings. The van der Waals surface area contributed by atoms with Gasteiger partial charge in [0.15, 0.2) is 6.61 Å². The molecule has 1 unspecified atom stereocenters. The second-order valence-electron chi connectivity index (χ2n) is 5.07. The van der Waals surface area contributed by atoms with Crippen LogP contribution in [-0.2, 0) is 26.1 Å². The lowest BCUT2D eigenvalue weighted by atomic mass is 10.1. The molecule has 0 aliphatic heterocycles. The average Bonchev–Trinajstić information content (AvgIpc) is 3.00. The van der Waals surface area contributed by atoms with Gasteiger partial charge in [-0.3, -0.25) is 13.8 Å². The van der Waals surface area contributed by atoms with Crippen LogP contribution in [0.2, 0.25) is 0 Å². The summed E-state index contributed by atoms with van der Waals surface area (Å²) in [7, 11) is -1.03. The zero-order valence-electron chi connectivity index (χ0n) is 13.3. The Kier molecular flexibility index (Phi) is 6.43. The number of hydrogen-bond acceptors (Lipinski definition) is 6. The van der Waals surface area contributed by atoms with E-state index in [1.54, 1.807) is 35.9 Å². The Morgan fingerprint density at radius 2 is 2.04 bits per heavy atom. The van der Waals surface area contributed by atoms with E-state index in [-0.39, 0.29) is 11.1 Å². The third-order valence-corrected chi connectivity index (χ3v) is 4.62. The topological polar surface area (TPSA) is 116 Å². The predicted molar refractivity (Wildman–Crippen MR) is 96.0 cm³/mol. The van der Waals surface area contributed by atoms with Gasteiger partial charge in [0, 0.05) is 22.8 Å². The molecule has 1 aromatic carbocycles. The van der Waals surface area contributed by atoms with Gasteiger partial charge >= 0.3 is 5.97 Å². The number of primary amides is 1. The minimum absolute atomic E-state index is 0.199. The minimum atomic E-state index is -1.03. The SMILES string of the molecule is CS(=O)Cc1cccc(C(=O)OCC(=O)Nc2sccc2C(N)=O)c1. The highest BCUT2D eigenvalue weighted by atomic mass is 32.2. The molecule has 3 N–H and O–H groups in total. The van der Waals surface area contributed by atoms with Gasteiger partial charge in [-0.2, -0.15) is 0 Å². The Hall–Kier alpha value is -2.52. The fourth-order valence-corrected chi connectivity index (χ4v) is 3.46. The maximum atomic E-state index is 12.0. The standard InChI is InChI=1S/C16H16N2O5S2/c1-25(22)9-10-3-2-4-11(7-10)16(21)23-8-13(19)18-15-12(14(17)20)5-6-24-15/h2-7H,8-9H2,1H3,(H2,17,20)(H,18,19). The summed E-state index contributed by atoms with van der Waals surface area (Å²) in [6.45, 7) is -0.501. The maximum absolute atomic E-state index is 12.0. The maximum Gasteiger partial charge on any atom is 0.338 e. The van der Waals surface area contributed by atoms with Crippen LogP contribution in [0, 0.1) is 0 Å². The lowest BCUT2D eigenvalue weighted by Gasteiger charge is -2.07. The van der Waals surface area contributed by atoms with Crippen LogP contribution in [0.3, 0.4) is 0 Å². The van der Waals surface area contributed by atoms with E-state index in [1.165, 1.54) is 6.07 Å². The summed E-state index contributed by atoms with van der Waals surface area (Å²) >= 11 is 1.14. The summed E-state index contributed by atoms with van der Waals surface area (Å²) in [4.78, 5) is 35.1. The summed E-state index contributed by atoms with van der Waals surface area (Å²) in [6, 6.07) is 8.04. The molecule has 2 amide bonds. The van der Waals surface area contributed by atoms with Crippen LogP contribution in [0.15, 0.2) is 35.7 Å². The van der Waals surface area contributed by atoms with Crippen molar-refractivity contribution < 1.29 is 23.3 Å². The number of carbonyl (C=O) groups is 3. The van der Waals surface area contributed by atoms with Gasteiger partial charge in [0.1, 0.15) is 5.00 Å². The fourth-order valence-electron chi connectivity index (χ4n) is 2.00. The Balaban J connectivity index is 1.93. The molecule has 0 radical (unpaired) electrons. The van der Waals surface area contributed by atoms with Gasteiger partial charge in [-0.1, -0.05) is 12.1 Å². The van der Waals surface area contributed by atoms with Crippen molar-refractivity contribution in [3.05, 3.63) is 52.4 Å². The second kappa shape index (κ2) is 8.54. The molecule has 0 saturated heterocycles. The van der Waals surface area contributed by atoms with Crippen molar-refractivity contribution in [2.24, 2.45) is 5.73 Å². The van der Waals surface area contributed by atoms with Crippen LogP contribution in [0.4, 0.5) is 5.00 Å². The van der Waals surface area contributed by atoms with Crippen molar-refractivity contribution in [3.63, 3.8) is 0 Å². The monoisotopic (exact) mass is 380 g/mol. The average molecular weight is 380 g/mol. The van der Waals surface area contributed by atoms with E-state index >= 15 is 0 Å². The molecule has 7 nitrogen and oxygen atoms in total. The van der Waals surface area contributed by atoms with E-state index in [4.69, 9.17) is 10.5 Å². The van der Waals surface area contributed by atoms with Crippen molar-refractivity contribution in [1.82, 2.24) is 0 Å². The van der Waals surface area contributed by atoms with Gasteiger partial charge < -0.3 is 15.8 Å². The van der Waals surface area contributed by atoms with Crippen molar-refractivity contribution in [2.75, 3.05) is 18.2 Å². The molecule has 0 aliphatic carbocycles. The van der Waals surface area contributed by atoms with Gasteiger partial charge in [-0.05, 0) is 29.1 Å². The number of rotatable bonds is 7. The third kappa shape index (κ3) is 5.50. The molecule has 1 heterocycles. The molecule has 1 atom stereocenters. The van der Waals surface area contributed by atoms with Crippen LogP contribution in [0.5, 0.6) is 0 Å². The Morgan fingerprint density at radius 3 is 2.72 bits per heavy atom. The van der Waals surface area contributed by atoms with Crippen molar-refractivity contribution in [3.8, 4) is 0 Å². The van der Waals surface area contributed by atoms with Gasteiger partial charge in [0.25, 0.3) is 11.8 Å². The summed E-state index contributed by atoms with van der Waals surface area (Å²) in [5.41, 5.74) is 6.40. The van der Waals surface area contributed by atoms with Crippen LogP contribution >= 0.6 is 11.3 Å². The number of esters is 1. The fraction of sp³-hybridized carbons (Fsp3) is 0.188. The van der Waals surface area contributed by atoms with Crippen LogP contribution < -0.4 is 11.1 Å². The number of carbonyl (C=O) groups excluding carboxylic acids is 3. The Bertz CT molecular complexity index is 831. The van der Waals surface area contributed by atoms with Crippen LogP contribution in [0.1, 0.15) is 26.3 Å². The second-order valence-corrected chi connectivity index (χ2v) is 7.42. The zero-order chi connectivity index (χ0) is 18.4. The number of ether oxygens (including phenoxy) is 1. The summed E-state index contributed by atoms with van der Waals surface area (Å²) < 4.78 is 16.2. The smallest absolute Gasteiger partial charge is 0.338 e. The highest BCUT2D eigenvalue weighted by Crippen LogP contribution is 2.22. The van der Waals surface area contributed by atoms with Gasteiger partial charge in [0.2, 0.25) is 0 Å². The molecular formula is C16H16N2O5S2. The highest BCUT2D eigenvalue weighted by molar-refractivity contribution is 7.83. The minimum Gasteiger partial charge on any atom is -0.452 e. The molecule has 0 saturated carbocycles. The summed E-state index contributed by atoms with van der Waals surface area (Å²) in [5, 5.41) is 4.40. The third-order valence-electron chi connectivity index (χ3n) is 3.05. The molecule has 0 aliphatic rings. The number of benzene rings is 1. The molecule has 1 aromatic heterocycles. The van der Waals surface area contributed by atoms with Gasteiger partial charge in [-0.15, -0.1) is 11.3 Å². The lowest BCUT2D eigenvalue weighted by molar-refractivity contribution is -0.119. The molecule has 9 heteroatoms. The molecule has 0 spiro atoms. The quantitative estimate of drug-likeness (QED) is 0.707. The number of hydrogen-bond donors (Lipinski definition) is 2. The number of anilines is 1. The first-order chi connectivity index (χ1) is 11.9. The van der Waals surface area contributed by atoms with Crippen molar-refractivity contribution in [2.45, 2.75) is 5.75 Å². The normalized spacial score (nSPS) is 11.6. The number of nitrogens with two attached hydrogens (primary N) is 1. The van der Waals surface area contributed by atoms with Crippen molar-refractivity contribution in [1.29, 1.82) is 0 Å². The Labute approximate surface area is 150 Å². The zero-order valence-corrected chi connectivity index (χ0v) is 14.9. The highest BCUT2D eigenvalue weighted by Gasteiger charge is 2.15. The van der Waals surface area contributed by atoms with E-state index in [2.05, 4.69) is 5.32 Å². The van der Waals surface area contributed by atoms with Gasteiger partial charge in [-0.25, -0.2) is 4.79 Å². The first kappa shape index (κ1) is 18.8.